The van der Waals surface area contributed by atoms with Gasteiger partial charge in [0.25, 0.3) is 0 Å². The van der Waals surface area contributed by atoms with Crippen molar-refractivity contribution in [2.24, 2.45) is 0 Å². The number of hydrogen-bond acceptors (Lipinski definition) is 13. The summed E-state index contributed by atoms with van der Waals surface area (Å²) in [6, 6.07) is 5.78. The molecule has 9 rings (SSSR count). The Kier molecular flexibility index (Phi) is 25.2. The predicted molar refractivity (Wildman–Crippen MR) is 301 cm³/mol. The molecule has 2 aromatic carbocycles. The molecule has 3 unspecified atom stereocenters. The lowest BCUT2D eigenvalue weighted by Gasteiger charge is -2.48. The van der Waals surface area contributed by atoms with Gasteiger partial charge in [0.1, 0.15) is 42.1 Å². The number of aromatic nitrogens is 3. The molecule has 0 radical (unpaired) electrons. The summed E-state index contributed by atoms with van der Waals surface area (Å²) >= 11 is 0. The molecule has 0 spiro atoms. The van der Waals surface area contributed by atoms with Gasteiger partial charge in [0.2, 0.25) is 0 Å². The Hall–Kier alpha value is -5.57. The number of aldehydes is 1. The Labute approximate surface area is 459 Å². The third-order valence-electron chi connectivity index (χ3n) is 15.5. The van der Waals surface area contributed by atoms with Crippen LogP contribution in [0.5, 0.6) is 5.75 Å². The quantitative estimate of drug-likeness (QED) is 0.0182. The van der Waals surface area contributed by atoms with Gasteiger partial charge in [-0.1, -0.05) is 129 Å². The number of halogens is 3. The molecule has 5 fully saturated rings. The average Bonchev–Trinajstić information content (AvgIpc) is 3.92. The van der Waals surface area contributed by atoms with E-state index in [1.807, 2.05) is 4.90 Å². The van der Waals surface area contributed by atoms with Crippen molar-refractivity contribution in [2.45, 2.75) is 205 Å². The normalized spacial score (nSPS) is 19.7. The van der Waals surface area contributed by atoms with E-state index >= 15 is 8.78 Å². The van der Waals surface area contributed by atoms with Crippen LogP contribution in [-0.2, 0) is 23.8 Å². The summed E-state index contributed by atoms with van der Waals surface area (Å²) in [5.41, 5.74) is -1.07. The number of H-pyrrole nitrogens is 1. The molecule has 2 aromatic heterocycles. The van der Waals surface area contributed by atoms with Gasteiger partial charge in [0.05, 0.1) is 23.1 Å². The van der Waals surface area contributed by atoms with Gasteiger partial charge in [-0.15, -0.1) is 6.42 Å². The molecule has 7 heterocycles. The van der Waals surface area contributed by atoms with Crippen LogP contribution in [-0.4, -0.2) is 115 Å². The maximum Gasteiger partial charge on any atom is 0.514 e. The number of nitrogens with zero attached hydrogens (tertiary/aromatic N) is 4. The molecular weight excluding hydrogens is 1000 g/mol. The standard InChI is InChI=1S/C41H47F2N5O7.C12H24O.C8H14FN/c1-4-6-7-8-9-10-11-12-13-14-34(49)53-24-29(23-52-3)55-41(51)54-28-17-25-15-16-33(42)30(5-2)35(25)31(19-28)37-36(43)38-32(20-44-37)39(47-40(50)46-38)48-21-26-18-27(22-48)45-26;1-2-3-4-5-6-7-8-9-10-11-12-13;1-8-3-2-4-10(8)6-7(9)5-8/h2,15-17,19-20,26-27,29,45H,4,6-14,18,21-24H2,1,3H3,(H,46,47,50);12H,2-11H2,1H3;7H,2-6H2,1H3/t;;7-,8+/m..1/s1. The van der Waals surface area contributed by atoms with E-state index in [1.54, 1.807) is 0 Å². The van der Waals surface area contributed by atoms with Gasteiger partial charge in [-0.2, -0.15) is 4.98 Å². The average molecular weight is 1090 g/mol. The number of esters is 1. The highest BCUT2D eigenvalue weighted by molar-refractivity contribution is 6.03. The van der Waals surface area contributed by atoms with Crippen LogP contribution in [0.2, 0.25) is 0 Å². The lowest BCUT2D eigenvalue weighted by molar-refractivity contribution is -0.148. The first-order chi connectivity index (χ1) is 37.8. The number of fused-ring (bicyclic) bond motifs is 5. The lowest BCUT2D eigenvalue weighted by atomic mass is 9.91. The lowest BCUT2D eigenvalue weighted by Crippen LogP contribution is -2.67. The van der Waals surface area contributed by atoms with Crippen LogP contribution >= 0.6 is 0 Å². The number of aromatic amines is 1. The SMILES string of the molecule is C#Cc1c(F)ccc2cc(OC(=O)OC(COC)COC(=O)CCCCCCCCCCC)cc(-c3ncc4c(N5CC6CC(C5)N6)nc(=O)[nH]c4c3F)c12.CCCCCCCCCCCC=O.C[C@@]12CCCN1C[C@H](F)C2. The number of rotatable bonds is 28. The van der Waals surface area contributed by atoms with E-state index in [2.05, 4.69) is 51.9 Å². The molecule has 4 aromatic rings. The topological polar surface area (TPSA) is 165 Å². The number of benzene rings is 2. The molecule has 0 aliphatic carbocycles. The number of hydrogen-bond donors (Lipinski definition) is 2. The number of unbranched alkanes of at least 4 members (excludes halogenated alkanes) is 17. The van der Waals surface area contributed by atoms with Crippen LogP contribution < -0.4 is 20.6 Å². The fourth-order valence-corrected chi connectivity index (χ4v) is 11.3. The van der Waals surface area contributed by atoms with E-state index in [0.29, 0.717) is 42.6 Å². The number of terminal acetylenes is 1. The minimum atomic E-state index is -1.15. The first-order valence-corrected chi connectivity index (χ1v) is 29.0. The van der Waals surface area contributed by atoms with Gasteiger partial charge in [0.15, 0.2) is 11.9 Å². The molecule has 5 saturated heterocycles. The van der Waals surface area contributed by atoms with E-state index in [9.17, 15) is 23.6 Å². The van der Waals surface area contributed by atoms with Gasteiger partial charge in [-0.3, -0.25) is 14.7 Å². The number of piperidine rings is 1. The van der Waals surface area contributed by atoms with Crippen molar-refractivity contribution in [2.75, 3.05) is 51.4 Å². The Bertz CT molecular complexity index is 2650. The number of alkyl halides is 1. The van der Waals surface area contributed by atoms with Crippen molar-refractivity contribution in [1.82, 2.24) is 25.2 Å². The van der Waals surface area contributed by atoms with Gasteiger partial charge in [-0.25, -0.2) is 22.8 Å². The molecule has 0 saturated carbocycles. The number of pyridine rings is 1. The van der Waals surface area contributed by atoms with Crippen molar-refractivity contribution in [1.29, 1.82) is 0 Å². The van der Waals surface area contributed by atoms with Crippen LogP contribution in [0, 0.1) is 24.0 Å². The highest BCUT2D eigenvalue weighted by Crippen LogP contribution is 2.40. The summed E-state index contributed by atoms with van der Waals surface area (Å²) < 4.78 is 66.0. The van der Waals surface area contributed by atoms with Crippen molar-refractivity contribution in [3.8, 4) is 29.4 Å². The first kappa shape index (κ1) is 61.6. The Morgan fingerprint density at radius 3 is 2.17 bits per heavy atom. The zero-order valence-corrected chi connectivity index (χ0v) is 46.8. The maximum absolute atomic E-state index is 16.6. The molecule has 2 bridgehead atoms. The van der Waals surface area contributed by atoms with Gasteiger partial charge in [-0.05, 0) is 75.6 Å². The van der Waals surface area contributed by atoms with Crippen LogP contribution in [0.15, 0.2) is 35.3 Å². The van der Waals surface area contributed by atoms with Gasteiger partial charge >= 0.3 is 17.8 Å². The van der Waals surface area contributed by atoms with Crippen molar-refractivity contribution >= 4 is 45.9 Å². The van der Waals surface area contributed by atoms with Crippen LogP contribution in [0.25, 0.3) is 32.9 Å². The van der Waals surface area contributed by atoms with Gasteiger partial charge in [0, 0.05) is 74.4 Å². The Morgan fingerprint density at radius 2 is 1.55 bits per heavy atom. The molecule has 14 nitrogen and oxygen atoms in total. The number of piperazine rings is 1. The fraction of sp³-hybridized carbons (Fsp3) is 0.639. The monoisotopic (exact) mass is 1090 g/mol. The van der Waals surface area contributed by atoms with E-state index in [1.165, 1.54) is 128 Å². The fourth-order valence-electron chi connectivity index (χ4n) is 11.3. The highest BCUT2D eigenvalue weighted by atomic mass is 19.1. The van der Waals surface area contributed by atoms with E-state index < -0.39 is 41.7 Å². The largest absolute Gasteiger partial charge is 0.514 e. The highest BCUT2D eigenvalue weighted by Gasteiger charge is 2.45. The van der Waals surface area contributed by atoms with Gasteiger partial charge < -0.3 is 38.9 Å². The molecule has 428 valence electrons. The smallest absolute Gasteiger partial charge is 0.462 e. The number of carbonyl (C=O) groups excluding carboxylic acids is 3. The molecular formula is C61H85F3N6O8. The Morgan fingerprint density at radius 1 is 0.910 bits per heavy atom. The summed E-state index contributed by atoms with van der Waals surface area (Å²) in [6.45, 7) is 9.33. The molecule has 0 amide bonds. The van der Waals surface area contributed by atoms with Crippen LogP contribution in [0.4, 0.5) is 23.8 Å². The second kappa shape index (κ2) is 31.9. The zero-order chi connectivity index (χ0) is 55.9. The number of methoxy groups -OCH3 is 1. The zero-order valence-electron chi connectivity index (χ0n) is 46.8. The Balaban J connectivity index is 0.000000350. The van der Waals surface area contributed by atoms with Crippen molar-refractivity contribution in [3.05, 3.63) is 58.1 Å². The third-order valence-corrected chi connectivity index (χ3v) is 15.5. The summed E-state index contributed by atoms with van der Waals surface area (Å²) in [6.07, 6.45) is 32.7. The van der Waals surface area contributed by atoms with E-state index in [-0.39, 0.29) is 70.7 Å². The van der Waals surface area contributed by atoms with E-state index in [4.69, 9.17) is 25.4 Å². The number of carbonyl (C=O) groups is 3. The maximum atomic E-state index is 16.6. The number of nitrogens with one attached hydrogen (secondary N) is 2. The van der Waals surface area contributed by atoms with Crippen molar-refractivity contribution < 1.29 is 46.5 Å². The molecule has 5 aliphatic rings. The van der Waals surface area contributed by atoms with E-state index in [0.717, 1.165) is 63.8 Å². The minimum absolute atomic E-state index is 0.00800. The summed E-state index contributed by atoms with van der Waals surface area (Å²) in [4.78, 5) is 63.5. The van der Waals surface area contributed by atoms with Crippen LogP contribution in [0.1, 0.15) is 180 Å². The number of ether oxygens (including phenoxy) is 4. The van der Waals surface area contributed by atoms with Crippen molar-refractivity contribution in [3.63, 3.8) is 0 Å². The minimum Gasteiger partial charge on any atom is -0.462 e. The molecule has 17 heteroatoms. The second-order valence-electron chi connectivity index (χ2n) is 21.9. The number of anilines is 1. The molecule has 2 N–H and O–H groups in total. The summed E-state index contributed by atoms with van der Waals surface area (Å²) in [5.74, 6) is 0.517. The summed E-state index contributed by atoms with van der Waals surface area (Å²) in [7, 11) is 1.41. The third kappa shape index (κ3) is 18.0. The predicted octanol–water partition coefficient (Wildman–Crippen LogP) is 12.6. The second-order valence-corrected chi connectivity index (χ2v) is 21.9. The molecule has 78 heavy (non-hydrogen) atoms. The summed E-state index contributed by atoms with van der Waals surface area (Å²) in [5, 5.41) is 4.17. The first-order valence-electron chi connectivity index (χ1n) is 29.0. The van der Waals surface area contributed by atoms with Crippen LogP contribution in [0.3, 0.4) is 0 Å². The molecule has 5 aliphatic heterocycles. The molecule has 5 atom stereocenters.